The molecule has 0 radical (unpaired) electrons. The molecule has 0 bridgehead atoms. The van der Waals surface area contributed by atoms with Crippen molar-refractivity contribution in [1.29, 1.82) is 0 Å². The summed E-state index contributed by atoms with van der Waals surface area (Å²) in [7, 11) is 3.99. The Morgan fingerprint density at radius 2 is 1.97 bits per heavy atom. The summed E-state index contributed by atoms with van der Waals surface area (Å²) in [6.07, 6.45) is 1.13. The van der Waals surface area contributed by atoms with Crippen molar-refractivity contribution in [3.05, 3.63) is 58.6 Å². The molecule has 154 valence electrons. The van der Waals surface area contributed by atoms with Gasteiger partial charge in [0.05, 0.1) is 17.0 Å². The number of nitrogens with one attached hydrogen (secondary N) is 2. The molecule has 0 aliphatic carbocycles. The second kappa shape index (κ2) is 9.65. The first-order valence-corrected chi connectivity index (χ1v) is 10.9. The van der Waals surface area contributed by atoms with Gasteiger partial charge in [-0.15, -0.1) is 11.8 Å². The Hall–Kier alpha value is -2.02. The number of carbonyl (C=O) groups is 2. The first-order valence-electron chi connectivity index (χ1n) is 9.66. The molecule has 1 aliphatic heterocycles. The molecule has 0 spiro atoms. The van der Waals surface area contributed by atoms with Crippen molar-refractivity contribution in [1.82, 2.24) is 10.2 Å². The van der Waals surface area contributed by atoms with Crippen molar-refractivity contribution in [2.75, 3.05) is 26.0 Å². The third kappa shape index (κ3) is 5.53. The van der Waals surface area contributed by atoms with Gasteiger partial charge in [-0.3, -0.25) is 9.59 Å². The Bertz CT molecular complexity index is 886. The van der Waals surface area contributed by atoms with E-state index < -0.39 is 5.25 Å². The average Bonchev–Trinajstić information content (AvgIpc) is 2.69. The summed E-state index contributed by atoms with van der Waals surface area (Å²) < 4.78 is 0. The summed E-state index contributed by atoms with van der Waals surface area (Å²) in [6, 6.07) is 13.9. The summed E-state index contributed by atoms with van der Waals surface area (Å²) in [4.78, 5) is 27.9. The molecular formula is C22H26ClN3O2S. The van der Waals surface area contributed by atoms with Gasteiger partial charge >= 0.3 is 0 Å². The number of aryl methyl sites for hydroxylation is 1. The van der Waals surface area contributed by atoms with E-state index in [0.717, 1.165) is 16.9 Å². The Morgan fingerprint density at radius 3 is 2.62 bits per heavy atom. The predicted molar refractivity (Wildman–Crippen MR) is 120 cm³/mol. The van der Waals surface area contributed by atoms with Crippen molar-refractivity contribution in [2.24, 2.45) is 0 Å². The highest BCUT2D eigenvalue weighted by Crippen LogP contribution is 2.38. The standard InChI is InChI=1S/C22H26ClN3O2S/c1-4-14-5-7-15(8-6-14)18(26(2)3)13-24-21(27)12-20-22(28)25-17-11-16(23)9-10-19(17)29-20/h5-11,18,20H,4,12-13H2,1-3H3,(H,24,27)(H,25,28). The molecule has 0 fully saturated rings. The smallest absolute Gasteiger partial charge is 0.238 e. The number of hydrogen-bond donors (Lipinski definition) is 2. The number of hydrogen-bond acceptors (Lipinski definition) is 4. The lowest BCUT2D eigenvalue weighted by atomic mass is 10.0. The Balaban J connectivity index is 1.59. The van der Waals surface area contributed by atoms with E-state index in [9.17, 15) is 9.59 Å². The molecule has 1 heterocycles. The highest BCUT2D eigenvalue weighted by molar-refractivity contribution is 8.01. The van der Waals surface area contributed by atoms with Crippen molar-refractivity contribution in [2.45, 2.75) is 36.0 Å². The number of thioether (sulfide) groups is 1. The molecule has 0 saturated carbocycles. The van der Waals surface area contributed by atoms with Crippen LogP contribution in [0.3, 0.4) is 0 Å². The van der Waals surface area contributed by atoms with Gasteiger partial charge < -0.3 is 15.5 Å². The molecule has 5 nitrogen and oxygen atoms in total. The van der Waals surface area contributed by atoms with Crippen molar-refractivity contribution < 1.29 is 9.59 Å². The second-order valence-corrected chi connectivity index (χ2v) is 9.00. The SMILES string of the molecule is CCc1ccc(C(CNC(=O)CC2Sc3ccc(Cl)cc3NC2=O)N(C)C)cc1. The van der Waals surface area contributed by atoms with Crippen LogP contribution in [0.25, 0.3) is 0 Å². The fourth-order valence-corrected chi connectivity index (χ4v) is 4.54. The van der Waals surface area contributed by atoms with Gasteiger partial charge in [0.2, 0.25) is 11.8 Å². The topological polar surface area (TPSA) is 61.4 Å². The number of carbonyl (C=O) groups excluding carboxylic acids is 2. The Kier molecular flexibility index (Phi) is 7.22. The van der Waals surface area contributed by atoms with Gasteiger partial charge in [0, 0.05) is 22.9 Å². The zero-order valence-electron chi connectivity index (χ0n) is 16.9. The molecule has 7 heteroatoms. The van der Waals surface area contributed by atoms with Crippen LogP contribution in [0.1, 0.15) is 30.5 Å². The number of likely N-dealkylation sites (N-methyl/N-ethyl adjacent to an activating group) is 1. The van der Waals surface area contributed by atoms with E-state index in [4.69, 9.17) is 11.6 Å². The van der Waals surface area contributed by atoms with Gasteiger partial charge in [0.1, 0.15) is 0 Å². The minimum absolute atomic E-state index is 0.0700. The summed E-state index contributed by atoms with van der Waals surface area (Å²) in [5, 5.41) is 5.96. The number of amides is 2. The molecule has 2 unspecified atom stereocenters. The monoisotopic (exact) mass is 431 g/mol. The van der Waals surface area contributed by atoms with Gasteiger partial charge in [-0.2, -0.15) is 0 Å². The predicted octanol–water partition coefficient (Wildman–Crippen LogP) is 4.12. The molecule has 2 N–H and O–H groups in total. The first kappa shape index (κ1) is 21.7. The summed E-state index contributed by atoms with van der Waals surface area (Å²) in [6.45, 7) is 2.62. The van der Waals surface area contributed by atoms with Gasteiger partial charge in [-0.1, -0.05) is 42.8 Å². The van der Waals surface area contributed by atoms with Gasteiger partial charge in [0.25, 0.3) is 0 Å². The summed E-state index contributed by atoms with van der Waals surface area (Å²) >= 11 is 7.38. The quantitative estimate of drug-likeness (QED) is 0.692. The van der Waals surface area contributed by atoms with E-state index in [0.29, 0.717) is 17.3 Å². The minimum Gasteiger partial charge on any atom is -0.354 e. The lowest BCUT2D eigenvalue weighted by Crippen LogP contribution is -2.38. The lowest BCUT2D eigenvalue weighted by molar-refractivity contribution is -0.124. The van der Waals surface area contributed by atoms with Gasteiger partial charge in [-0.05, 0) is 49.8 Å². The zero-order chi connectivity index (χ0) is 21.0. The van der Waals surface area contributed by atoms with E-state index in [2.05, 4.69) is 46.7 Å². The molecule has 2 atom stereocenters. The molecule has 29 heavy (non-hydrogen) atoms. The van der Waals surface area contributed by atoms with Crippen LogP contribution in [0.2, 0.25) is 5.02 Å². The highest BCUT2D eigenvalue weighted by atomic mass is 35.5. The molecule has 0 saturated heterocycles. The number of nitrogens with zero attached hydrogens (tertiary/aromatic N) is 1. The van der Waals surface area contributed by atoms with Gasteiger partial charge in [-0.25, -0.2) is 0 Å². The van der Waals surface area contributed by atoms with Crippen molar-refractivity contribution >= 4 is 40.9 Å². The maximum Gasteiger partial charge on any atom is 0.238 e. The second-order valence-electron chi connectivity index (χ2n) is 7.32. The maximum absolute atomic E-state index is 12.5. The lowest BCUT2D eigenvalue weighted by Gasteiger charge is -2.26. The molecule has 2 aromatic carbocycles. The molecule has 0 aromatic heterocycles. The number of fused-ring (bicyclic) bond motifs is 1. The van der Waals surface area contributed by atoms with E-state index in [1.165, 1.54) is 17.3 Å². The molecule has 3 rings (SSSR count). The van der Waals surface area contributed by atoms with Crippen molar-refractivity contribution in [3.63, 3.8) is 0 Å². The number of benzene rings is 2. The van der Waals surface area contributed by atoms with E-state index in [1.807, 2.05) is 20.2 Å². The van der Waals surface area contributed by atoms with Crippen LogP contribution >= 0.6 is 23.4 Å². The van der Waals surface area contributed by atoms with Crippen LogP contribution in [0.5, 0.6) is 0 Å². The van der Waals surface area contributed by atoms with Crippen LogP contribution in [0, 0.1) is 0 Å². The maximum atomic E-state index is 12.5. The van der Waals surface area contributed by atoms with E-state index >= 15 is 0 Å². The third-order valence-electron chi connectivity index (χ3n) is 5.02. The summed E-state index contributed by atoms with van der Waals surface area (Å²) in [5.41, 5.74) is 3.15. The van der Waals surface area contributed by atoms with Gasteiger partial charge in [0.15, 0.2) is 0 Å². The van der Waals surface area contributed by atoms with E-state index in [1.54, 1.807) is 12.1 Å². The highest BCUT2D eigenvalue weighted by Gasteiger charge is 2.29. The fraction of sp³-hybridized carbons (Fsp3) is 0.364. The number of halogens is 1. The normalized spacial score (nSPS) is 16.9. The molecule has 2 amide bonds. The van der Waals surface area contributed by atoms with Crippen LogP contribution in [-0.4, -0.2) is 42.6 Å². The number of anilines is 1. The van der Waals surface area contributed by atoms with Crippen LogP contribution in [0.4, 0.5) is 5.69 Å². The largest absolute Gasteiger partial charge is 0.354 e. The van der Waals surface area contributed by atoms with Crippen LogP contribution in [-0.2, 0) is 16.0 Å². The molecule has 2 aromatic rings. The number of rotatable bonds is 7. The summed E-state index contributed by atoms with van der Waals surface area (Å²) in [5.74, 6) is -0.300. The van der Waals surface area contributed by atoms with Crippen molar-refractivity contribution in [3.8, 4) is 0 Å². The van der Waals surface area contributed by atoms with Crippen LogP contribution < -0.4 is 10.6 Å². The Morgan fingerprint density at radius 1 is 1.24 bits per heavy atom. The van der Waals surface area contributed by atoms with E-state index in [-0.39, 0.29) is 24.3 Å². The average molecular weight is 432 g/mol. The molecular weight excluding hydrogens is 406 g/mol. The Labute approximate surface area is 181 Å². The fourth-order valence-electron chi connectivity index (χ4n) is 3.28. The minimum atomic E-state index is -0.453. The van der Waals surface area contributed by atoms with Crippen LogP contribution in [0.15, 0.2) is 47.4 Å². The molecule has 1 aliphatic rings. The zero-order valence-corrected chi connectivity index (χ0v) is 18.4. The first-order chi connectivity index (χ1) is 13.9. The third-order valence-corrected chi connectivity index (χ3v) is 6.53.